The van der Waals surface area contributed by atoms with E-state index < -0.39 is 16.4 Å². The van der Waals surface area contributed by atoms with Gasteiger partial charge in [-0.05, 0) is 13.3 Å². The second-order valence-electron chi connectivity index (χ2n) is 2.93. The van der Waals surface area contributed by atoms with Crippen molar-refractivity contribution in [1.82, 2.24) is 0 Å². The van der Waals surface area contributed by atoms with Gasteiger partial charge in [-0.15, -0.1) is 23.2 Å². The average molecular weight is 197 g/mol. The minimum Gasteiger partial charge on any atom is -0.392 e. The van der Waals surface area contributed by atoms with Crippen LogP contribution in [0, 0.1) is 0 Å². The molecule has 1 saturated carbocycles. The normalized spacial score (nSPS) is 41.1. The first-order valence-corrected chi connectivity index (χ1v) is 4.33. The summed E-state index contributed by atoms with van der Waals surface area (Å²) in [5.74, 6) is -0.0671. The predicted octanol–water partition coefficient (Wildman–Crippen LogP) is 1.32. The molecule has 0 aromatic rings. The highest BCUT2D eigenvalue weighted by molar-refractivity contribution is 6.41. The summed E-state index contributed by atoms with van der Waals surface area (Å²) < 4.78 is 0. The van der Waals surface area contributed by atoms with Crippen LogP contribution in [0.2, 0.25) is 0 Å². The lowest BCUT2D eigenvalue weighted by atomic mass is 10.0. The number of Topliss-reactive ketones (excluding diaryl/α,β-unsaturated/α-hetero) is 1. The Morgan fingerprint density at radius 1 is 1.82 bits per heavy atom. The van der Waals surface area contributed by atoms with Crippen molar-refractivity contribution in [3.8, 4) is 0 Å². The molecule has 0 aromatic carbocycles. The molecule has 0 heterocycles. The van der Waals surface area contributed by atoms with Gasteiger partial charge in [-0.2, -0.15) is 0 Å². The Hall–Kier alpha value is 0.210. The molecule has 0 radical (unpaired) electrons. The highest BCUT2D eigenvalue weighted by Gasteiger charge is 2.49. The van der Waals surface area contributed by atoms with E-state index in [9.17, 15) is 9.90 Å². The average Bonchev–Trinajstić information content (AvgIpc) is 2.18. The molecule has 2 unspecified atom stereocenters. The zero-order chi connectivity index (χ0) is 8.65. The highest BCUT2D eigenvalue weighted by Crippen LogP contribution is 2.40. The number of alkyl halides is 2. The van der Waals surface area contributed by atoms with Gasteiger partial charge in [0.25, 0.3) is 0 Å². The van der Waals surface area contributed by atoms with Crippen molar-refractivity contribution in [2.45, 2.75) is 36.1 Å². The topological polar surface area (TPSA) is 37.3 Å². The lowest BCUT2D eigenvalue weighted by molar-refractivity contribution is -0.117. The number of aliphatic hydroxyl groups excluding tert-OH is 1. The SMILES string of the molecule is C[C@H](O)C1(Cl)CCC(=O)C1Cl. The molecule has 0 aromatic heterocycles. The number of rotatable bonds is 1. The first kappa shape index (κ1) is 9.30. The Balaban J connectivity index is 2.81. The standard InChI is InChI=1S/C7H10Cl2O2/c1-4(10)7(9)3-2-5(11)6(7)8/h4,6,10H,2-3H2,1H3/t4-,6?,7?/m0/s1. The Kier molecular flexibility index (Phi) is 2.47. The molecule has 1 N–H and O–H groups in total. The van der Waals surface area contributed by atoms with Crippen LogP contribution in [0.3, 0.4) is 0 Å². The molecule has 1 rings (SSSR count). The molecule has 0 amide bonds. The van der Waals surface area contributed by atoms with Gasteiger partial charge < -0.3 is 5.11 Å². The van der Waals surface area contributed by atoms with Crippen LogP contribution in [0.4, 0.5) is 0 Å². The third-order valence-corrected chi connectivity index (χ3v) is 3.62. The van der Waals surface area contributed by atoms with Crippen molar-refractivity contribution < 1.29 is 9.90 Å². The van der Waals surface area contributed by atoms with Gasteiger partial charge in [0.15, 0.2) is 5.78 Å². The molecule has 0 saturated heterocycles. The summed E-state index contributed by atoms with van der Waals surface area (Å²) in [5.41, 5.74) is 0. The third kappa shape index (κ3) is 1.40. The third-order valence-electron chi connectivity index (χ3n) is 2.15. The van der Waals surface area contributed by atoms with Crippen molar-refractivity contribution in [2.24, 2.45) is 0 Å². The van der Waals surface area contributed by atoms with Crippen LogP contribution in [-0.2, 0) is 4.79 Å². The minimum absolute atomic E-state index is 0.0671. The van der Waals surface area contributed by atoms with E-state index >= 15 is 0 Å². The number of ketones is 1. The lowest BCUT2D eigenvalue weighted by Crippen LogP contribution is -2.41. The van der Waals surface area contributed by atoms with Gasteiger partial charge in [-0.1, -0.05) is 0 Å². The summed E-state index contributed by atoms with van der Waals surface area (Å²) >= 11 is 11.7. The van der Waals surface area contributed by atoms with Gasteiger partial charge >= 0.3 is 0 Å². The molecule has 1 fully saturated rings. The molecule has 4 heteroatoms. The first-order valence-electron chi connectivity index (χ1n) is 3.52. The number of halogens is 2. The Morgan fingerprint density at radius 2 is 2.36 bits per heavy atom. The van der Waals surface area contributed by atoms with Crippen molar-refractivity contribution in [3.63, 3.8) is 0 Å². The lowest BCUT2D eigenvalue weighted by Gasteiger charge is -2.26. The van der Waals surface area contributed by atoms with Gasteiger partial charge in [-0.25, -0.2) is 0 Å². The quantitative estimate of drug-likeness (QED) is 0.643. The number of hydrogen-bond donors (Lipinski definition) is 1. The maximum atomic E-state index is 11.0. The summed E-state index contributed by atoms with van der Waals surface area (Å²) in [4.78, 5) is 10.0. The summed E-state index contributed by atoms with van der Waals surface area (Å²) in [6.07, 6.45) is 0.111. The highest BCUT2D eigenvalue weighted by atomic mass is 35.5. The Labute approximate surface area is 75.5 Å². The van der Waals surface area contributed by atoms with Gasteiger partial charge in [-0.3, -0.25) is 4.79 Å². The zero-order valence-corrected chi connectivity index (χ0v) is 7.69. The maximum Gasteiger partial charge on any atom is 0.152 e. The largest absolute Gasteiger partial charge is 0.392 e. The first-order chi connectivity index (χ1) is 4.98. The van der Waals surface area contributed by atoms with Crippen LogP contribution in [0.5, 0.6) is 0 Å². The van der Waals surface area contributed by atoms with Crippen molar-refractivity contribution in [2.75, 3.05) is 0 Å². The summed E-state index contributed by atoms with van der Waals surface area (Å²) in [6, 6.07) is 0. The van der Waals surface area contributed by atoms with Crippen LogP contribution in [0.15, 0.2) is 0 Å². The number of hydrogen-bond acceptors (Lipinski definition) is 2. The summed E-state index contributed by atoms with van der Waals surface area (Å²) in [5, 5.41) is 8.50. The van der Waals surface area contributed by atoms with E-state index in [1.807, 2.05) is 0 Å². The second-order valence-corrected chi connectivity index (χ2v) is 4.07. The number of carbonyl (C=O) groups is 1. The fourth-order valence-electron chi connectivity index (χ4n) is 1.26. The van der Waals surface area contributed by atoms with Crippen LogP contribution in [0.1, 0.15) is 19.8 Å². The summed E-state index contributed by atoms with van der Waals surface area (Å²) in [6.45, 7) is 1.56. The molecular formula is C7H10Cl2O2. The van der Waals surface area contributed by atoms with Crippen LogP contribution in [0.25, 0.3) is 0 Å². The van der Waals surface area contributed by atoms with Gasteiger partial charge in [0.05, 0.1) is 11.0 Å². The fourth-order valence-corrected chi connectivity index (χ4v) is 1.87. The summed E-state index contributed by atoms with van der Waals surface area (Å²) in [7, 11) is 0. The minimum atomic E-state index is -0.932. The Bertz CT molecular complexity index is 181. The van der Waals surface area contributed by atoms with Gasteiger partial charge in [0, 0.05) is 6.42 Å². The van der Waals surface area contributed by atoms with E-state index in [0.29, 0.717) is 12.8 Å². The van der Waals surface area contributed by atoms with Gasteiger partial charge in [0.2, 0.25) is 0 Å². The molecule has 0 spiro atoms. The van der Waals surface area contributed by atoms with Crippen LogP contribution in [-0.4, -0.2) is 27.2 Å². The zero-order valence-electron chi connectivity index (χ0n) is 6.18. The molecule has 1 aliphatic carbocycles. The van der Waals surface area contributed by atoms with Crippen LogP contribution >= 0.6 is 23.2 Å². The Morgan fingerprint density at radius 3 is 2.55 bits per heavy atom. The molecule has 64 valence electrons. The second kappa shape index (κ2) is 2.92. The van der Waals surface area contributed by atoms with Gasteiger partial charge in [0.1, 0.15) is 5.38 Å². The number of carbonyl (C=O) groups excluding carboxylic acids is 1. The van der Waals surface area contributed by atoms with E-state index in [2.05, 4.69) is 0 Å². The van der Waals surface area contributed by atoms with Crippen molar-refractivity contribution >= 4 is 29.0 Å². The van der Waals surface area contributed by atoms with E-state index in [-0.39, 0.29) is 5.78 Å². The smallest absolute Gasteiger partial charge is 0.152 e. The maximum absolute atomic E-state index is 11.0. The molecule has 2 nitrogen and oxygen atoms in total. The van der Waals surface area contributed by atoms with E-state index in [0.717, 1.165) is 0 Å². The van der Waals surface area contributed by atoms with E-state index in [4.69, 9.17) is 23.2 Å². The van der Waals surface area contributed by atoms with E-state index in [1.54, 1.807) is 6.92 Å². The number of aliphatic hydroxyl groups is 1. The molecule has 1 aliphatic rings. The van der Waals surface area contributed by atoms with Crippen LogP contribution < -0.4 is 0 Å². The monoisotopic (exact) mass is 196 g/mol. The predicted molar refractivity (Wildman–Crippen MR) is 44.1 cm³/mol. The molecule has 3 atom stereocenters. The fraction of sp³-hybridized carbons (Fsp3) is 0.857. The van der Waals surface area contributed by atoms with E-state index in [1.165, 1.54) is 0 Å². The molecule has 0 bridgehead atoms. The molecule has 11 heavy (non-hydrogen) atoms. The van der Waals surface area contributed by atoms with Crippen molar-refractivity contribution in [3.05, 3.63) is 0 Å². The molecular weight excluding hydrogens is 187 g/mol. The molecule has 0 aliphatic heterocycles. The van der Waals surface area contributed by atoms with Crippen molar-refractivity contribution in [1.29, 1.82) is 0 Å².